The summed E-state index contributed by atoms with van der Waals surface area (Å²) >= 11 is 0. The van der Waals surface area contributed by atoms with Crippen molar-refractivity contribution in [3.05, 3.63) is 250 Å². The lowest BCUT2D eigenvalue weighted by atomic mass is 9.55. The van der Waals surface area contributed by atoms with Crippen LogP contribution in [0.25, 0.3) is 39.0 Å². The van der Waals surface area contributed by atoms with Gasteiger partial charge in [-0.25, -0.2) is 0 Å². The largest absolute Gasteiger partial charge is 0.310 e. The van der Waals surface area contributed by atoms with Crippen LogP contribution in [0.15, 0.2) is 206 Å². The van der Waals surface area contributed by atoms with Gasteiger partial charge in [0.05, 0.1) is 5.41 Å². The van der Waals surface area contributed by atoms with E-state index in [2.05, 4.69) is 233 Å². The van der Waals surface area contributed by atoms with Crippen molar-refractivity contribution in [3.63, 3.8) is 0 Å². The first-order valence-electron chi connectivity index (χ1n) is 22.3. The van der Waals surface area contributed by atoms with Crippen molar-refractivity contribution >= 4 is 22.6 Å². The van der Waals surface area contributed by atoms with E-state index >= 15 is 0 Å². The third-order valence-electron chi connectivity index (χ3n) is 14.8. The molecular formula is C61H49N. The lowest BCUT2D eigenvalue weighted by Crippen LogP contribution is -2.40. The van der Waals surface area contributed by atoms with Crippen LogP contribution < -0.4 is 4.90 Å². The molecule has 0 heterocycles. The molecule has 0 bridgehead atoms. The van der Waals surface area contributed by atoms with Crippen molar-refractivity contribution in [3.8, 4) is 33.4 Å². The smallest absolute Gasteiger partial charge is 0.0719 e. The van der Waals surface area contributed by atoms with Crippen LogP contribution in [0.2, 0.25) is 0 Å². The zero-order valence-corrected chi connectivity index (χ0v) is 35.9. The number of para-hydroxylation sites is 1. The minimum Gasteiger partial charge on any atom is -0.310 e. The van der Waals surface area contributed by atoms with Gasteiger partial charge in [0.15, 0.2) is 0 Å². The molecule has 0 fully saturated rings. The Morgan fingerprint density at radius 3 is 1.55 bits per heavy atom. The molecule has 0 aliphatic heterocycles. The van der Waals surface area contributed by atoms with Crippen molar-refractivity contribution < 1.29 is 0 Å². The summed E-state index contributed by atoms with van der Waals surface area (Å²) in [6.07, 6.45) is 6.96. The van der Waals surface area contributed by atoms with Crippen LogP contribution in [-0.2, 0) is 16.2 Å². The number of fused-ring (bicyclic) bond motifs is 11. The molecular weight excluding hydrogens is 747 g/mol. The van der Waals surface area contributed by atoms with Gasteiger partial charge < -0.3 is 4.90 Å². The van der Waals surface area contributed by atoms with Crippen molar-refractivity contribution in [2.75, 3.05) is 4.90 Å². The second-order valence-electron chi connectivity index (χ2n) is 18.8. The predicted octanol–water partition coefficient (Wildman–Crippen LogP) is 15.9. The summed E-state index contributed by atoms with van der Waals surface area (Å²) in [7, 11) is 0. The number of allylic oxidation sites excluding steroid dienone is 4. The van der Waals surface area contributed by atoms with Crippen LogP contribution in [-0.4, -0.2) is 0 Å². The summed E-state index contributed by atoms with van der Waals surface area (Å²) in [5.41, 5.74) is 24.7. The van der Waals surface area contributed by atoms with Crippen LogP contribution in [0.3, 0.4) is 0 Å². The molecule has 0 amide bonds. The summed E-state index contributed by atoms with van der Waals surface area (Å²) in [4.78, 5) is 2.40. The Balaban J connectivity index is 0.904. The molecule has 4 aliphatic carbocycles. The number of hydrogen-bond acceptors (Lipinski definition) is 1. The molecule has 0 atom stereocenters. The van der Waals surface area contributed by atoms with Gasteiger partial charge in [0.2, 0.25) is 0 Å². The third kappa shape index (κ3) is 5.15. The summed E-state index contributed by atoms with van der Waals surface area (Å²) in [5, 5.41) is 0. The summed E-state index contributed by atoms with van der Waals surface area (Å²) in [5.74, 6) is 0. The fraction of sp³-hybridized carbons (Fsp3) is 0.148. The fourth-order valence-corrected chi connectivity index (χ4v) is 11.8. The molecule has 0 unspecified atom stereocenters. The minimum atomic E-state index is -0.399. The first-order chi connectivity index (χ1) is 30.3. The monoisotopic (exact) mass is 795 g/mol. The van der Waals surface area contributed by atoms with Crippen LogP contribution in [0.1, 0.15) is 85.0 Å². The van der Waals surface area contributed by atoms with E-state index in [9.17, 15) is 0 Å². The van der Waals surface area contributed by atoms with Crippen LogP contribution in [0.5, 0.6) is 0 Å². The summed E-state index contributed by atoms with van der Waals surface area (Å²) in [6.45, 7) is 9.55. The molecule has 0 N–H and O–H groups in total. The van der Waals surface area contributed by atoms with Crippen molar-refractivity contribution in [1.29, 1.82) is 0 Å². The van der Waals surface area contributed by atoms with Gasteiger partial charge in [-0.3, -0.25) is 0 Å². The molecule has 0 radical (unpaired) electrons. The Hall–Kier alpha value is -6.96. The zero-order chi connectivity index (χ0) is 41.8. The zero-order valence-electron chi connectivity index (χ0n) is 35.9. The number of nitrogens with zero attached hydrogens (tertiary/aromatic N) is 1. The van der Waals surface area contributed by atoms with Crippen LogP contribution in [0.4, 0.5) is 17.1 Å². The van der Waals surface area contributed by atoms with Gasteiger partial charge in [0.1, 0.15) is 0 Å². The maximum Gasteiger partial charge on any atom is 0.0719 e. The minimum absolute atomic E-state index is 0.0217. The lowest BCUT2D eigenvalue weighted by Gasteiger charge is -2.46. The van der Waals surface area contributed by atoms with Crippen molar-refractivity contribution in [1.82, 2.24) is 0 Å². The van der Waals surface area contributed by atoms with E-state index in [1.807, 2.05) is 0 Å². The maximum absolute atomic E-state index is 2.49. The highest BCUT2D eigenvalue weighted by Gasteiger charge is 2.53. The third-order valence-corrected chi connectivity index (χ3v) is 14.8. The first-order valence-corrected chi connectivity index (χ1v) is 22.3. The Labute approximate surface area is 366 Å². The number of hydrogen-bond donors (Lipinski definition) is 0. The molecule has 8 aromatic carbocycles. The molecule has 0 saturated heterocycles. The van der Waals surface area contributed by atoms with Gasteiger partial charge in [-0.05, 0) is 144 Å². The quantitative estimate of drug-likeness (QED) is 0.168. The molecule has 62 heavy (non-hydrogen) atoms. The highest BCUT2D eigenvalue weighted by atomic mass is 15.1. The highest BCUT2D eigenvalue weighted by Crippen LogP contribution is 2.62. The molecule has 0 aromatic heterocycles. The highest BCUT2D eigenvalue weighted by molar-refractivity contribution is 5.91. The molecule has 4 aliphatic rings. The summed E-state index contributed by atoms with van der Waals surface area (Å²) < 4.78 is 0. The molecule has 0 saturated carbocycles. The number of benzene rings is 8. The second-order valence-corrected chi connectivity index (χ2v) is 18.8. The van der Waals surface area contributed by atoms with E-state index in [1.165, 1.54) is 94.7 Å². The molecule has 1 spiro atoms. The Morgan fingerprint density at radius 2 is 0.871 bits per heavy atom. The molecule has 12 rings (SSSR count). The van der Waals surface area contributed by atoms with Crippen LogP contribution >= 0.6 is 0 Å². The Kier molecular flexibility index (Phi) is 8.04. The fourth-order valence-electron chi connectivity index (χ4n) is 11.8. The summed E-state index contributed by atoms with van der Waals surface area (Å²) in [6, 6.07) is 70.9. The van der Waals surface area contributed by atoms with Crippen molar-refractivity contribution in [2.45, 2.75) is 56.8 Å². The molecule has 1 heteroatoms. The van der Waals surface area contributed by atoms with Gasteiger partial charge in [0.25, 0.3) is 0 Å². The first kappa shape index (κ1) is 36.9. The topological polar surface area (TPSA) is 3.24 Å². The SMILES string of the molecule is CC1(C)C2=C(CCC=C2)c2ccc(N(c3ccccc3)c3ccc(-c4ccc(-c5ccc6c(c5)C5(c7ccccc7-6)c6ccccc6C(C)(C)c6ccccc65)cc4)cc3)cc21. The van der Waals surface area contributed by atoms with Gasteiger partial charge in [0, 0.05) is 27.9 Å². The van der Waals surface area contributed by atoms with Gasteiger partial charge in [-0.15, -0.1) is 0 Å². The average Bonchev–Trinajstić information content (AvgIpc) is 3.74. The van der Waals surface area contributed by atoms with Crippen molar-refractivity contribution in [2.24, 2.45) is 0 Å². The van der Waals surface area contributed by atoms with E-state index in [0.29, 0.717) is 0 Å². The molecule has 1 nitrogen and oxygen atoms in total. The normalized spacial score (nSPS) is 16.5. The average molecular weight is 796 g/mol. The van der Waals surface area contributed by atoms with Gasteiger partial charge >= 0.3 is 0 Å². The van der Waals surface area contributed by atoms with E-state index in [1.54, 1.807) is 0 Å². The van der Waals surface area contributed by atoms with Gasteiger partial charge in [-0.1, -0.05) is 185 Å². The van der Waals surface area contributed by atoms with E-state index in [4.69, 9.17) is 0 Å². The lowest BCUT2D eigenvalue weighted by molar-refractivity contribution is 0.563. The molecule has 8 aromatic rings. The maximum atomic E-state index is 2.49. The van der Waals surface area contributed by atoms with E-state index in [0.717, 1.165) is 24.2 Å². The number of anilines is 3. The standard InChI is InChI=1S/C61H49N/c1-59(2)51-20-10-8-18-47(51)49-37-35-46(39-57(49)59)62(44-16-6-5-7-17-44)45-33-30-41(31-34-45)40-26-28-42(29-27-40)43-32-36-50-48-19-9-11-21-52(48)61(58(50)38-43)55-24-14-12-22-53(55)60(3,4)54-23-13-15-25-56(54)61/h5-7,9-17,19-39H,8,18H2,1-4H3. The second kappa shape index (κ2) is 13.5. The Bertz CT molecular complexity index is 3110. The van der Waals surface area contributed by atoms with E-state index < -0.39 is 5.41 Å². The number of rotatable bonds is 5. The predicted molar refractivity (Wildman–Crippen MR) is 260 cm³/mol. The van der Waals surface area contributed by atoms with Gasteiger partial charge in [-0.2, -0.15) is 0 Å². The van der Waals surface area contributed by atoms with E-state index in [-0.39, 0.29) is 10.8 Å². The Morgan fingerprint density at radius 1 is 0.371 bits per heavy atom. The van der Waals surface area contributed by atoms with Crippen LogP contribution in [0, 0.1) is 0 Å². The molecule has 298 valence electrons.